The fraction of sp³-hybridized carbons (Fsp3) is 0.200. The molecule has 2 atom stereocenters. The summed E-state index contributed by atoms with van der Waals surface area (Å²) in [5.74, 6) is -2.50. The summed E-state index contributed by atoms with van der Waals surface area (Å²) in [6.07, 6.45) is 0. The fourth-order valence-corrected chi connectivity index (χ4v) is 3.05. The molecule has 0 saturated carbocycles. The minimum Gasteiger partial charge on any atom is -0.315 e. The number of rotatable bonds is 2. The zero-order valence-corrected chi connectivity index (χ0v) is 14.5. The molecule has 0 N–H and O–H groups in total. The minimum absolute atomic E-state index is 0.247. The molecule has 1 aliphatic rings. The van der Waals surface area contributed by atoms with E-state index in [1.807, 2.05) is 0 Å². The van der Waals surface area contributed by atoms with E-state index in [-0.39, 0.29) is 5.56 Å². The molecule has 1 saturated heterocycles. The molecule has 26 heavy (non-hydrogen) atoms. The van der Waals surface area contributed by atoms with Gasteiger partial charge in [-0.1, -0.05) is 36.4 Å². The summed E-state index contributed by atoms with van der Waals surface area (Å²) in [5.41, 5.74) is 0.631. The van der Waals surface area contributed by atoms with Gasteiger partial charge in [0.15, 0.2) is 0 Å². The molecule has 2 aromatic rings. The molecule has 3 rings (SSSR count). The lowest BCUT2D eigenvalue weighted by Gasteiger charge is -2.41. The van der Waals surface area contributed by atoms with Crippen LogP contribution in [0.2, 0.25) is 0 Å². The van der Waals surface area contributed by atoms with Gasteiger partial charge in [-0.25, -0.2) is 4.90 Å². The second-order valence-corrected chi connectivity index (χ2v) is 6.11. The van der Waals surface area contributed by atoms with Crippen molar-refractivity contribution in [1.29, 1.82) is 0 Å². The summed E-state index contributed by atoms with van der Waals surface area (Å²) in [4.78, 5) is 52.8. The van der Waals surface area contributed by atoms with Gasteiger partial charge >= 0.3 is 0 Å². The van der Waals surface area contributed by atoms with Crippen molar-refractivity contribution in [2.75, 3.05) is 0 Å². The number of hydrogen-bond acceptors (Lipinski definition) is 4. The molecular weight excluding hydrogens is 332 g/mol. The van der Waals surface area contributed by atoms with Crippen LogP contribution in [0.1, 0.15) is 34.6 Å². The van der Waals surface area contributed by atoms with Crippen LogP contribution in [0.5, 0.6) is 0 Å². The predicted octanol–water partition coefficient (Wildman–Crippen LogP) is 2.12. The Morgan fingerprint density at radius 1 is 0.692 bits per heavy atom. The van der Waals surface area contributed by atoms with Crippen LogP contribution in [0, 0.1) is 0 Å². The molecule has 6 nitrogen and oxygen atoms in total. The molecule has 6 heteroatoms. The van der Waals surface area contributed by atoms with Crippen molar-refractivity contribution in [3.05, 3.63) is 71.8 Å². The highest BCUT2D eigenvalue weighted by atomic mass is 16.2. The molecular formula is C20H18N2O4. The van der Waals surface area contributed by atoms with Gasteiger partial charge < -0.3 is 4.90 Å². The summed E-state index contributed by atoms with van der Waals surface area (Å²) in [7, 11) is 0. The van der Waals surface area contributed by atoms with Crippen molar-refractivity contribution in [2.45, 2.75) is 25.9 Å². The average molecular weight is 350 g/mol. The molecule has 2 aromatic carbocycles. The number of carbonyl (C=O) groups excluding carboxylic acids is 4. The first-order chi connectivity index (χ1) is 12.4. The van der Waals surface area contributed by atoms with Crippen LogP contribution in [0.3, 0.4) is 0 Å². The Labute approximate surface area is 151 Å². The van der Waals surface area contributed by atoms with Crippen LogP contribution in [0.4, 0.5) is 0 Å². The maximum atomic E-state index is 12.8. The van der Waals surface area contributed by atoms with Gasteiger partial charge in [0.1, 0.15) is 12.1 Å². The highest BCUT2D eigenvalue weighted by Gasteiger charge is 2.47. The van der Waals surface area contributed by atoms with E-state index in [1.54, 1.807) is 60.7 Å². The van der Waals surface area contributed by atoms with E-state index in [0.717, 1.165) is 0 Å². The third-order valence-corrected chi connectivity index (χ3v) is 4.47. The first-order valence-electron chi connectivity index (χ1n) is 8.28. The molecule has 0 aliphatic carbocycles. The Bertz CT molecular complexity index is 842. The van der Waals surface area contributed by atoms with Gasteiger partial charge in [0.25, 0.3) is 23.6 Å². The first-order valence-corrected chi connectivity index (χ1v) is 8.28. The van der Waals surface area contributed by atoms with Crippen molar-refractivity contribution < 1.29 is 19.2 Å². The SMILES string of the molecule is CC1C(=O)N(C(=O)c2ccccc2)C(=O)C(C)N1C(=O)c1ccccc1. The number of imide groups is 3. The normalized spacial score (nSPS) is 20.2. The highest BCUT2D eigenvalue weighted by molar-refractivity contribution is 6.21. The summed E-state index contributed by atoms with van der Waals surface area (Å²) in [6.45, 7) is 3.05. The quantitative estimate of drug-likeness (QED) is 0.778. The van der Waals surface area contributed by atoms with Crippen LogP contribution < -0.4 is 0 Å². The Morgan fingerprint density at radius 2 is 1.08 bits per heavy atom. The van der Waals surface area contributed by atoms with E-state index in [2.05, 4.69) is 0 Å². The molecule has 0 aromatic heterocycles. The number of benzene rings is 2. The van der Waals surface area contributed by atoms with Gasteiger partial charge in [0.2, 0.25) is 0 Å². The van der Waals surface area contributed by atoms with E-state index in [4.69, 9.17) is 0 Å². The first kappa shape index (κ1) is 17.5. The Kier molecular flexibility index (Phi) is 4.67. The number of piperazine rings is 1. The second kappa shape index (κ2) is 6.92. The second-order valence-electron chi connectivity index (χ2n) is 6.11. The lowest BCUT2D eigenvalue weighted by Crippen LogP contribution is -2.65. The summed E-state index contributed by atoms with van der Waals surface area (Å²) < 4.78 is 0. The van der Waals surface area contributed by atoms with Gasteiger partial charge in [0, 0.05) is 11.1 Å². The number of hydrogen-bond donors (Lipinski definition) is 0. The minimum atomic E-state index is -0.928. The Balaban J connectivity index is 1.92. The highest BCUT2D eigenvalue weighted by Crippen LogP contribution is 2.23. The summed E-state index contributed by atoms with van der Waals surface area (Å²) in [6, 6.07) is 14.7. The van der Waals surface area contributed by atoms with E-state index < -0.39 is 35.7 Å². The molecule has 0 bridgehead atoms. The van der Waals surface area contributed by atoms with E-state index in [1.165, 1.54) is 18.7 Å². The summed E-state index contributed by atoms with van der Waals surface area (Å²) in [5, 5.41) is 0. The molecule has 2 unspecified atom stereocenters. The maximum absolute atomic E-state index is 12.8. The third-order valence-electron chi connectivity index (χ3n) is 4.47. The fourth-order valence-electron chi connectivity index (χ4n) is 3.05. The zero-order chi connectivity index (χ0) is 18.8. The van der Waals surface area contributed by atoms with Crippen LogP contribution >= 0.6 is 0 Å². The van der Waals surface area contributed by atoms with E-state index in [0.29, 0.717) is 10.5 Å². The molecule has 0 spiro atoms. The Morgan fingerprint density at radius 3 is 1.50 bits per heavy atom. The number of nitrogens with zero attached hydrogens (tertiary/aromatic N) is 2. The molecule has 1 heterocycles. The van der Waals surface area contributed by atoms with Gasteiger partial charge in [0.05, 0.1) is 0 Å². The molecule has 132 valence electrons. The van der Waals surface area contributed by atoms with Crippen molar-refractivity contribution in [2.24, 2.45) is 0 Å². The number of amides is 4. The molecule has 0 radical (unpaired) electrons. The van der Waals surface area contributed by atoms with Crippen LogP contribution in [0.15, 0.2) is 60.7 Å². The molecule has 4 amide bonds. The van der Waals surface area contributed by atoms with Gasteiger partial charge in [-0.3, -0.25) is 19.2 Å². The van der Waals surface area contributed by atoms with E-state index >= 15 is 0 Å². The lowest BCUT2D eigenvalue weighted by molar-refractivity contribution is -0.153. The number of carbonyl (C=O) groups is 4. The van der Waals surface area contributed by atoms with Crippen LogP contribution in [-0.2, 0) is 9.59 Å². The van der Waals surface area contributed by atoms with Crippen LogP contribution in [0.25, 0.3) is 0 Å². The lowest BCUT2D eigenvalue weighted by atomic mass is 10.0. The standard InChI is InChI=1S/C20H18N2O4/c1-13-17(23)22(20(26)16-11-7-4-8-12-16)18(24)14(2)21(13)19(25)15-9-5-3-6-10-15/h3-14H,1-2H3. The van der Waals surface area contributed by atoms with Crippen LogP contribution in [-0.4, -0.2) is 45.5 Å². The van der Waals surface area contributed by atoms with Crippen molar-refractivity contribution in [1.82, 2.24) is 9.80 Å². The molecule has 1 fully saturated rings. The van der Waals surface area contributed by atoms with Gasteiger partial charge in [-0.05, 0) is 38.1 Å². The smallest absolute Gasteiger partial charge is 0.267 e. The zero-order valence-electron chi connectivity index (χ0n) is 14.5. The van der Waals surface area contributed by atoms with Gasteiger partial charge in [-0.2, -0.15) is 0 Å². The maximum Gasteiger partial charge on any atom is 0.267 e. The van der Waals surface area contributed by atoms with Crippen molar-refractivity contribution >= 4 is 23.6 Å². The topological polar surface area (TPSA) is 74.8 Å². The largest absolute Gasteiger partial charge is 0.315 e. The van der Waals surface area contributed by atoms with Crippen molar-refractivity contribution in [3.63, 3.8) is 0 Å². The monoisotopic (exact) mass is 350 g/mol. The van der Waals surface area contributed by atoms with Gasteiger partial charge in [-0.15, -0.1) is 0 Å². The van der Waals surface area contributed by atoms with Crippen molar-refractivity contribution in [3.8, 4) is 0 Å². The summed E-state index contributed by atoms with van der Waals surface area (Å²) >= 11 is 0. The third kappa shape index (κ3) is 2.90. The predicted molar refractivity (Wildman–Crippen MR) is 94.2 cm³/mol. The molecule has 1 aliphatic heterocycles. The Hall–Kier alpha value is -3.28. The average Bonchev–Trinajstić information content (AvgIpc) is 2.68. The van der Waals surface area contributed by atoms with E-state index in [9.17, 15) is 19.2 Å².